The lowest BCUT2D eigenvalue weighted by Gasteiger charge is -2.32. The van der Waals surface area contributed by atoms with E-state index in [4.69, 9.17) is 19.8 Å². The molecule has 5 heterocycles. The Morgan fingerprint density at radius 2 is 1.91 bits per heavy atom. The molecule has 0 unspecified atom stereocenters. The van der Waals surface area contributed by atoms with Crippen molar-refractivity contribution in [3.8, 4) is 0 Å². The molecule has 2 saturated heterocycles. The van der Waals surface area contributed by atoms with Gasteiger partial charge < -0.3 is 15.4 Å². The zero-order valence-corrected chi connectivity index (χ0v) is 25.0. The highest BCUT2D eigenvalue weighted by Gasteiger charge is 2.45. The van der Waals surface area contributed by atoms with Gasteiger partial charge in [0.05, 0.1) is 35.2 Å². The van der Waals surface area contributed by atoms with Gasteiger partial charge in [0, 0.05) is 51.3 Å². The molecule has 2 aliphatic heterocycles. The van der Waals surface area contributed by atoms with E-state index in [9.17, 15) is 22.8 Å². The third-order valence-electron chi connectivity index (χ3n) is 9.60. The van der Waals surface area contributed by atoms with Crippen LogP contribution >= 0.6 is 0 Å². The molecule has 44 heavy (non-hydrogen) atoms. The Hall–Kier alpha value is -3.55. The number of aryl methyl sites for hydroxylation is 1. The van der Waals surface area contributed by atoms with Crippen LogP contribution in [0.3, 0.4) is 0 Å². The van der Waals surface area contributed by atoms with E-state index < -0.39 is 30.5 Å². The molecule has 238 valence electrons. The number of nitrogens with zero attached hydrogens (tertiary/aromatic N) is 6. The molecule has 1 aliphatic carbocycles. The number of imidazole rings is 1. The molecule has 11 nitrogen and oxygen atoms in total. The van der Waals surface area contributed by atoms with Crippen molar-refractivity contribution in [3.63, 3.8) is 0 Å². The van der Waals surface area contributed by atoms with E-state index in [-0.39, 0.29) is 36.6 Å². The van der Waals surface area contributed by atoms with E-state index in [1.54, 1.807) is 30.0 Å². The van der Waals surface area contributed by atoms with Crippen LogP contribution in [0.5, 0.6) is 0 Å². The first-order chi connectivity index (χ1) is 21.1. The van der Waals surface area contributed by atoms with Crippen molar-refractivity contribution < 1.29 is 27.5 Å². The lowest BCUT2D eigenvalue weighted by Crippen LogP contribution is -2.47. The van der Waals surface area contributed by atoms with Crippen LogP contribution in [0.25, 0.3) is 5.78 Å². The van der Waals surface area contributed by atoms with E-state index >= 15 is 0 Å². The number of aromatic nitrogens is 6. The Kier molecular flexibility index (Phi) is 8.62. The lowest BCUT2D eigenvalue weighted by atomic mass is 9.78. The summed E-state index contributed by atoms with van der Waals surface area (Å²) in [5.41, 5.74) is 2.22. The maximum atomic E-state index is 13.6. The second-order valence-electron chi connectivity index (χ2n) is 12.7. The van der Waals surface area contributed by atoms with E-state index in [2.05, 4.69) is 22.7 Å². The summed E-state index contributed by atoms with van der Waals surface area (Å²) in [6.07, 6.45) is 4.04. The number of carbonyl (C=O) groups excluding carboxylic acids is 2. The highest BCUT2D eigenvalue weighted by molar-refractivity contribution is 5.92. The number of halogens is 3. The van der Waals surface area contributed by atoms with Crippen molar-refractivity contribution in [1.29, 1.82) is 0 Å². The molecule has 1 saturated carbocycles. The van der Waals surface area contributed by atoms with Gasteiger partial charge in [-0.3, -0.25) is 14.3 Å². The first-order valence-corrected chi connectivity index (χ1v) is 15.5. The third-order valence-corrected chi connectivity index (χ3v) is 9.60. The monoisotopic (exact) mass is 616 g/mol. The van der Waals surface area contributed by atoms with Crippen LogP contribution in [-0.2, 0) is 23.0 Å². The van der Waals surface area contributed by atoms with Gasteiger partial charge in [0.15, 0.2) is 0 Å². The van der Waals surface area contributed by atoms with Crippen molar-refractivity contribution >= 4 is 17.6 Å². The summed E-state index contributed by atoms with van der Waals surface area (Å²) in [7, 11) is 1.72. The van der Waals surface area contributed by atoms with Crippen molar-refractivity contribution in [2.45, 2.75) is 76.4 Å². The first kappa shape index (κ1) is 30.5. The number of rotatable bonds is 7. The van der Waals surface area contributed by atoms with Gasteiger partial charge in [-0.05, 0) is 50.0 Å². The van der Waals surface area contributed by atoms with Gasteiger partial charge in [-0.15, -0.1) is 0 Å². The standard InChI is InChI=1S/C30H39F3N8O3/c1-17-3-5-18(6-4-17)26(37-28(43)24-7-10-35-40(24)2)23-16-41-29(36-23)38-25(19-8-11-44-12-9-19)22(39-41)14-20-13-21(30(31,32)33)15-34-27(20)42/h7,10,16-21,26H,3-6,8-9,11-15H2,1-2H3,(H,34,42)(H,37,43)/t17?,18?,20-,21-,26+/m1/s1. The summed E-state index contributed by atoms with van der Waals surface area (Å²) >= 11 is 0. The van der Waals surface area contributed by atoms with Gasteiger partial charge in [0.25, 0.3) is 11.7 Å². The molecule has 2 amide bonds. The minimum absolute atomic E-state index is 0.0124. The van der Waals surface area contributed by atoms with Crippen molar-refractivity contribution in [1.82, 2.24) is 40.0 Å². The molecule has 0 radical (unpaired) electrons. The Morgan fingerprint density at radius 3 is 2.59 bits per heavy atom. The fourth-order valence-corrected chi connectivity index (χ4v) is 6.90. The van der Waals surface area contributed by atoms with Crippen LogP contribution < -0.4 is 10.6 Å². The molecule has 6 rings (SSSR count). The number of fused-ring (bicyclic) bond motifs is 1. The average Bonchev–Trinajstić information content (AvgIpc) is 3.62. The van der Waals surface area contributed by atoms with E-state index in [0.717, 1.165) is 25.7 Å². The molecule has 3 aliphatic rings. The molecule has 0 aromatic carbocycles. The summed E-state index contributed by atoms with van der Waals surface area (Å²) in [5, 5.41) is 14.6. The van der Waals surface area contributed by atoms with Gasteiger partial charge in [0.2, 0.25) is 5.91 Å². The van der Waals surface area contributed by atoms with Crippen LogP contribution in [0.2, 0.25) is 0 Å². The average molecular weight is 617 g/mol. The lowest BCUT2D eigenvalue weighted by molar-refractivity contribution is -0.183. The number of ether oxygens (including phenoxy) is 1. The topological polar surface area (TPSA) is 128 Å². The Balaban J connectivity index is 1.35. The smallest absolute Gasteiger partial charge is 0.381 e. The summed E-state index contributed by atoms with van der Waals surface area (Å²) < 4.78 is 49.3. The zero-order chi connectivity index (χ0) is 31.0. The molecule has 14 heteroatoms. The molecule has 0 spiro atoms. The second kappa shape index (κ2) is 12.4. The number of hydrogen-bond acceptors (Lipinski definition) is 7. The van der Waals surface area contributed by atoms with Crippen LogP contribution in [0, 0.1) is 23.7 Å². The minimum atomic E-state index is -4.39. The maximum absolute atomic E-state index is 13.6. The van der Waals surface area contributed by atoms with Gasteiger partial charge in [0.1, 0.15) is 5.69 Å². The van der Waals surface area contributed by atoms with Crippen molar-refractivity contribution in [2.24, 2.45) is 30.7 Å². The predicted octanol–water partition coefficient (Wildman–Crippen LogP) is 3.91. The number of alkyl halides is 3. The van der Waals surface area contributed by atoms with Gasteiger partial charge in [-0.2, -0.15) is 23.4 Å². The first-order valence-electron chi connectivity index (χ1n) is 15.5. The second-order valence-corrected chi connectivity index (χ2v) is 12.7. The summed E-state index contributed by atoms with van der Waals surface area (Å²) in [5.74, 6) is -2.01. The maximum Gasteiger partial charge on any atom is 0.393 e. The van der Waals surface area contributed by atoms with Crippen LogP contribution in [0.15, 0.2) is 18.5 Å². The van der Waals surface area contributed by atoms with E-state index in [0.29, 0.717) is 60.5 Å². The molecule has 2 N–H and O–H groups in total. The molecular weight excluding hydrogens is 577 g/mol. The van der Waals surface area contributed by atoms with Crippen LogP contribution in [0.4, 0.5) is 13.2 Å². The van der Waals surface area contributed by atoms with Crippen molar-refractivity contribution in [2.75, 3.05) is 19.8 Å². The number of amides is 2. The summed E-state index contributed by atoms with van der Waals surface area (Å²) in [6, 6.07) is 1.28. The molecule has 3 atom stereocenters. The normalized spacial score (nSPS) is 26.0. The van der Waals surface area contributed by atoms with Crippen LogP contribution in [-0.4, -0.2) is 67.1 Å². The quantitative estimate of drug-likeness (QED) is 0.412. The summed E-state index contributed by atoms with van der Waals surface area (Å²) in [4.78, 5) is 35.8. The molecule has 0 bridgehead atoms. The molecule has 3 aromatic heterocycles. The Labute approximate surface area is 253 Å². The van der Waals surface area contributed by atoms with E-state index in [1.165, 1.54) is 4.68 Å². The summed E-state index contributed by atoms with van der Waals surface area (Å²) in [6.45, 7) is 2.91. The fraction of sp³-hybridized carbons (Fsp3) is 0.667. The highest BCUT2D eigenvalue weighted by Crippen LogP contribution is 2.38. The third kappa shape index (κ3) is 6.45. The zero-order valence-electron chi connectivity index (χ0n) is 25.0. The number of carbonyl (C=O) groups is 2. The van der Waals surface area contributed by atoms with Crippen molar-refractivity contribution in [3.05, 3.63) is 41.2 Å². The SMILES string of the molecule is CC1CCC([C@H](NC(=O)c2ccnn2C)c2cn3nc(C[C@H]4C[C@@H](C(F)(F)F)CNC4=O)c(C4CCOCC4)nc3n2)CC1. The van der Waals surface area contributed by atoms with Crippen LogP contribution in [0.1, 0.15) is 91.4 Å². The Bertz CT molecular complexity index is 1490. The molecular formula is C30H39F3N8O3. The molecule has 3 aromatic rings. The number of nitrogens with one attached hydrogen (secondary N) is 2. The largest absolute Gasteiger partial charge is 0.393 e. The van der Waals surface area contributed by atoms with E-state index in [1.807, 2.05) is 0 Å². The predicted molar refractivity (Wildman–Crippen MR) is 152 cm³/mol. The number of piperidine rings is 1. The molecule has 3 fully saturated rings. The minimum Gasteiger partial charge on any atom is -0.381 e. The van der Waals surface area contributed by atoms with Gasteiger partial charge in [-0.25, -0.2) is 14.5 Å². The highest BCUT2D eigenvalue weighted by atomic mass is 19.4. The Morgan fingerprint density at radius 1 is 1.16 bits per heavy atom. The van der Waals surface area contributed by atoms with Gasteiger partial charge >= 0.3 is 6.18 Å². The van der Waals surface area contributed by atoms with Gasteiger partial charge in [-0.1, -0.05) is 19.8 Å². The number of hydrogen-bond donors (Lipinski definition) is 2. The fourth-order valence-electron chi connectivity index (χ4n) is 6.90.